The van der Waals surface area contributed by atoms with Crippen LogP contribution in [0.3, 0.4) is 0 Å². The van der Waals surface area contributed by atoms with Gasteiger partial charge in [0.1, 0.15) is 28.9 Å². The summed E-state index contributed by atoms with van der Waals surface area (Å²) in [7, 11) is 0. The third-order valence-electron chi connectivity index (χ3n) is 8.15. The number of rotatable bonds is 16. The molecule has 2 aliphatic heterocycles. The minimum atomic E-state index is -0.714. The third kappa shape index (κ3) is 20.2. The Balaban J connectivity index is 0.000000392. The van der Waals surface area contributed by atoms with Gasteiger partial charge in [0.2, 0.25) is 0 Å². The van der Waals surface area contributed by atoms with E-state index in [0.29, 0.717) is 65.6 Å². The molecule has 1 amide bonds. The van der Waals surface area contributed by atoms with Crippen molar-refractivity contribution in [3.8, 4) is 0 Å². The Hall–Kier alpha value is -3.26. The number of likely N-dealkylation sites (tertiary alicyclic amines) is 1. The Bertz CT molecular complexity index is 1390. The second kappa shape index (κ2) is 23.8. The normalized spacial score (nSPS) is 19.7. The first-order chi connectivity index (χ1) is 25.9. The van der Waals surface area contributed by atoms with Gasteiger partial charge in [-0.2, -0.15) is 0 Å². The molecule has 2 saturated heterocycles. The molecule has 0 aromatic heterocycles. The van der Waals surface area contributed by atoms with E-state index in [-0.39, 0.29) is 36.6 Å². The molecule has 4 rings (SSSR count). The maximum atomic E-state index is 12.7. The van der Waals surface area contributed by atoms with Crippen LogP contribution < -0.4 is 5.32 Å². The summed E-state index contributed by atoms with van der Waals surface area (Å²) in [5, 5.41) is 3.17. The fourth-order valence-electron chi connectivity index (χ4n) is 5.77. The van der Waals surface area contributed by atoms with Crippen LogP contribution in [0, 0.1) is 0 Å². The molecular weight excluding hydrogens is 740 g/mol. The number of carbonyl (C=O) groups is 3. The monoisotopic (exact) mass is 806 g/mol. The van der Waals surface area contributed by atoms with Crippen molar-refractivity contribution in [1.29, 1.82) is 0 Å². The van der Waals surface area contributed by atoms with Crippen LogP contribution >= 0.6 is 12.4 Å². The van der Waals surface area contributed by atoms with Crippen molar-refractivity contribution in [3.05, 3.63) is 71.8 Å². The second-order valence-corrected chi connectivity index (χ2v) is 16.9. The number of halogens is 1. The largest absolute Gasteiger partial charge is 0.459 e. The second-order valence-electron chi connectivity index (χ2n) is 16.9. The Kier molecular flexibility index (Phi) is 20.8. The predicted molar refractivity (Wildman–Crippen MR) is 218 cm³/mol. The van der Waals surface area contributed by atoms with E-state index in [2.05, 4.69) is 17.4 Å². The Morgan fingerprint density at radius 1 is 0.625 bits per heavy atom. The first-order valence-electron chi connectivity index (χ1n) is 19.5. The van der Waals surface area contributed by atoms with E-state index in [1.54, 1.807) is 41.5 Å². The molecule has 0 aliphatic carbocycles. The number of amides is 1. The highest BCUT2D eigenvalue weighted by Crippen LogP contribution is 2.26. The lowest BCUT2D eigenvalue weighted by molar-refractivity contribution is -0.160. The molecule has 2 aromatic carbocycles. The maximum Gasteiger partial charge on any atom is 0.411 e. The first-order valence-corrected chi connectivity index (χ1v) is 19.5. The minimum absolute atomic E-state index is 0. The Morgan fingerprint density at radius 2 is 1.09 bits per heavy atom. The van der Waals surface area contributed by atoms with E-state index in [9.17, 15) is 14.4 Å². The lowest BCUT2D eigenvalue weighted by atomic mass is 10.1. The van der Waals surface area contributed by atoms with Gasteiger partial charge in [0.05, 0.1) is 32.0 Å². The van der Waals surface area contributed by atoms with Gasteiger partial charge in [-0.1, -0.05) is 60.7 Å². The van der Waals surface area contributed by atoms with Crippen LogP contribution in [-0.2, 0) is 56.0 Å². The number of nitrogens with zero attached hydrogens (tertiary/aromatic N) is 1. The maximum absolute atomic E-state index is 12.7. The molecule has 2 aromatic rings. The van der Waals surface area contributed by atoms with E-state index in [1.165, 1.54) is 10.5 Å². The van der Waals surface area contributed by atoms with Gasteiger partial charge in [0.25, 0.3) is 0 Å². The number of hydrogen-bond donors (Lipinski definition) is 1. The molecule has 2 heterocycles. The van der Waals surface area contributed by atoms with Gasteiger partial charge < -0.3 is 38.5 Å². The zero-order valence-corrected chi connectivity index (χ0v) is 35.8. The zero-order valence-electron chi connectivity index (χ0n) is 35.0. The molecule has 0 saturated carbocycles. The van der Waals surface area contributed by atoms with Crippen molar-refractivity contribution in [2.24, 2.45) is 0 Å². The minimum Gasteiger partial charge on any atom is -0.459 e. The van der Waals surface area contributed by atoms with Crippen molar-refractivity contribution in [2.75, 3.05) is 39.5 Å². The first kappa shape index (κ1) is 48.9. The predicted octanol–water partition coefficient (Wildman–Crippen LogP) is 7.43. The molecule has 0 radical (unpaired) electrons. The smallest absolute Gasteiger partial charge is 0.411 e. The van der Waals surface area contributed by atoms with Gasteiger partial charge >= 0.3 is 18.0 Å². The van der Waals surface area contributed by atoms with Crippen molar-refractivity contribution in [1.82, 2.24) is 10.2 Å². The van der Waals surface area contributed by atoms with E-state index in [4.69, 9.17) is 33.2 Å². The van der Waals surface area contributed by atoms with E-state index < -0.39 is 34.9 Å². The number of carbonyl (C=O) groups excluding carboxylic acids is 3. The molecule has 316 valence electrons. The highest BCUT2D eigenvalue weighted by Gasteiger charge is 2.44. The lowest BCUT2D eigenvalue weighted by Crippen LogP contribution is -2.45. The number of benzene rings is 2. The molecule has 2 aliphatic rings. The quantitative estimate of drug-likeness (QED) is 0.103. The standard InChI is InChI=1S/C24H37NO6.C19H29NO4.ClH/c1-23(2,3)30-21(26)20-15-19(16-25(20)22(27)31-24(4,5)6)29-14-10-13-28-17-18-11-8-7-9-12-18;1-19(2,3)24-18(21)17-12-16(13-20-17)23-11-7-10-22-14-15-8-5-4-6-9-15;/h7-9,11-12,19-20H,10,13-17H2,1-6H3;4-6,8-9,16-17,20H,7,10-14H2,1-3H3;1H/t19?,20-;16?,17-;/m00./s1. The summed E-state index contributed by atoms with van der Waals surface area (Å²) >= 11 is 0. The summed E-state index contributed by atoms with van der Waals surface area (Å²) in [6.45, 7) is 21.0. The SMILES string of the molecule is CC(C)(C)OC(=O)[C@@H]1CC(OCCCOCc2ccccc2)CN1.CC(C)(C)OC(=O)[C@@H]1CC(OCCCOCc2ccccc2)CN1C(=O)OC(C)(C)C.Cl. The molecule has 56 heavy (non-hydrogen) atoms. The lowest BCUT2D eigenvalue weighted by Gasteiger charge is -2.29. The average molecular weight is 807 g/mol. The summed E-state index contributed by atoms with van der Waals surface area (Å²) < 4.78 is 39.5. The molecule has 1 N–H and O–H groups in total. The molecule has 2 unspecified atom stereocenters. The van der Waals surface area contributed by atoms with E-state index >= 15 is 0 Å². The van der Waals surface area contributed by atoms with Crippen LogP contribution in [0.4, 0.5) is 4.79 Å². The Morgan fingerprint density at radius 3 is 1.57 bits per heavy atom. The van der Waals surface area contributed by atoms with Gasteiger partial charge in [-0.05, 0) is 86.3 Å². The van der Waals surface area contributed by atoms with Gasteiger partial charge in [0, 0.05) is 45.8 Å². The number of hydrogen-bond acceptors (Lipinski definition) is 11. The molecule has 4 atom stereocenters. The summed E-state index contributed by atoms with van der Waals surface area (Å²) in [6, 6.07) is 19.1. The van der Waals surface area contributed by atoms with Crippen LogP contribution in [0.15, 0.2) is 60.7 Å². The molecule has 0 spiro atoms. The van der Waals surface area contributed by atoms with E-state index in [0.717, 1.165) is 18.4 Å². The van der Waals surface area contributed by atoms with Crippen molar-refractivity contribution >= 4 is 30.4 Å². The van der Waals surface area contributed by atoms with Gasteiger partial charge in [-0.25, -0.2) is 9.59 Å². The fourth-order valence-corrected chi connectivity index (χ4v) is 5.77. The number of esters is 2. The third-order valence-corrected chi connectivity index (χ3v) is 8.15. The molecule has 2 fully saturated rings. The topological polar surface area (TPSA) is 131 Å². The average Bonchev–Trinajstić information content (AvgIpc) is 3.75. The van der Waals surface area contributed by atoms with Gasteiger partial charge in [0.15, 0.2) is 0 Å². The molecular formula is C43H67ClN2O10. The molecule has 12 nitrogen and oxygen atoms in total. The van der Waals surface area contributed by atoms with Gasteiger partial charge in [-0.15, -0.1) is 12.4 Å². The van der Waals surface area contributed by atoms with Crippen molar-refractivity contribution in [2.45, 2.75) is 142 Å². The molecule has 13 heteroatoms. The highest BCUT2D eigenvalue weighted by atomic mass is 35.5. The summed E-state index contributed by atoms with van der Waals surface area (Å²) in [5.41, 5.74) is 0.579. The van der Waals surface area contributed by atoms with Crippen LogP contribution in [0.25, 0.3) is 0 Å². The summed E-state index contributed by atoms with van der Waals surface area (Å²) in [6.07, 6.45) is 1.92. The zero-order chi connectivity index (χ0) is 40.5. The number of nitrogens with one attached hydrogen (secondary N) is 1. The Labute approximate surface area is 341 Å². The van der Waals surface area contributed by atoms with Crippen LogP contribution in [0.1, 0.15) is 99.1 Å². The van der Waals surface area contributed by atoms with E-state index in [1.807, 2.05) is 69.3 Å². The summed E-state index contributed by atoms with van der Waals surface area (Å²) in [5.74, 6) is -0.629. The van der Waals surface area contributed by atoms with Gasteiger partial charge in [-0.3, -0.25) is 9.69 Å². The van der Waals surface area contributed by atoms with Crippen LogP contribution in [0.2, 0.25) is 0 Å². The highest BCUT2D eigenvalue weighted by molar-refractivity contribution is 5.85. The van der Waals surface area contributed by atoms with Crippen LogP contribution in [0.5, 0.6) is 0 Å². The van der Waals surface area contributed by atoms with Crippen LogP contribution in [-0.4, -0.2) is 104 Å². The summed E-state index contributed by atoms with van der Waals surface area (Å²) in [4.78, 5) is 38.8. The molecule has 0 bridgehead atoms. The number of ether oxygens (including phenoxy) is 7. The van der Waals surface area contributed by atoms with Crippen molar-refractivity contribution < 1.29 is 47.5 Å². The van der Waals surface area contributed by atoms with Crippen molar-refractivity contribution in [3.63, 3.8) is 0 Å². The fraction of sp³-hybridized carbons (Fsp3) is 0.651.